The molecule has 1 aromatic heterocycles. The highest BCUT2D eigenvalue weighted by Gasteiger charge is 2.29. The Hall–Kier alpha value is -2.15. The van der Waals surface area contributed by atoms with Crippen molar-refractivity contribution >= 4 is 11.9 Å². The Morgan fingerprint density at radius 3 is 2.78 bits per heavy atom. The number of carboxylic acids is 1. The van der Waals surface area contributed by atoms with E-state index in [2.05, 4.69) is 4.42 Å². The topological polar surface area (TPSA) is 97.1 Å². The number of carboxylic acid groups (broad SMARTS) is 1. The summed E-state index contributed by atoms with van der Waals surface area (Å²) < 4.78 is 9.60. The van der Waals surface area contributed by atoms with E-state index in [-0.39, 0.29) is 24.6 Å². The summed E-state index contributed by atoms with van der Waals surface area (Å²) in [4.78, 5) is 34.9. The van der Waals surface area contributed by atoms with Crippen LogP contribution in [0.15, 0.2) is 27.6 Å². The molecule has 1 amide bonds. The summed E-state index contributed by atoms with van der Waals surface area (Å²) in [6, 6.07) is 2.49. The first kappa shape index (κ1) is 12.3. The molecule has 18 heavy (non-hydrogen) atoms. The second-order valence-corrected chi connectivity index (χ2v) is 3.79. The Labute approximate surface area is 102 Å². The number of amides is 1. The summed E-state index contributed by atoms with van der Waals surface area (Å²) in [5.41, 5.74) is -0.336. The molecule has 1 aromatic rings. The monoisotopic (exact) mass is 253 g/mol. The van der Waals surface area contributed by atoms with Crippen molar-refractivity contribution in [3.8, 4) is 0 Å². The van der Waals surface area contributed by atoms with Crippen LogP contribution in [0, 0.1) is 0 Å². The van der Waals surface area contributed by atoms with E-state index in [1.54, 1.807) is 0 Å². The lowest BCUT2D eigenvalue weighted by Crippen LogP contribution is -2.48. The van der Waals surface area contributed by atoms with E-state index < -0.39 is 17.7 Å². The second-order valence-electron chi connectivity index (χ2n) is 3.79. The van der Waals surface area contributed by atoms with Crippen molar-refractivity contribution in [2.75, 3.05) is 19.7 Å². The Balaban J connectivity index is 2.11. The zero-order chi connectivity index (χ0) is 13.1. The molecule has 0 radical (unpaired) electrons. The molecule has 1 unspecified atom stereocenters. The van der Waals surface area contributed by atoms with Gasteiger partial charge in [0.1, 0.15) is 6.26 Å². The normalized spacial score (nSPS) is 19.6. The van der Waals surface area contributed by atoms with Crippen LogP contribution in [0.25, 0.3) is 0 Å². The molecule has 0 aromatic carbocycles. The van der Waals surface area contributed by atoms with E-state index in [0.29, 0.717) is 6.54 Å². The van der Waals surface area contributed by atoms with E-state index in [1.807, 2.05) is 0 Å². The number of rotatable bonds is 2. The quantitative estimate of drug-likeness (QED) is 0.767. The third-order valence-corrected chi connectivity index (χ3v) is 2.58. The van der Waals surface area contributed by atoms with Crippen LogP contribution in [0.2, 0.25) is 0 Å². The predicted molar refractivity (Wildman–Crippen MR) is 58.3 cm³/mol. The molecular weight excluding hydrogens is 242 g/mol. The summed E-state index contributed by atoms with van der Waals surface area (Å²) in [6.45, 7) is 0.453. The van der Waals surface area contributed by atoms with Gasteiger partial charge in [-0.05, 0) is 6.07 Å². The summed E-state index contributed by atoms with van der Waals surface area (Å²) in [7, 11) is 0. The molecule has 0 saturated carbocycles. The molecule has 1 saturated heterocycles. The van der Waals surface area contributed by atoms with E-state index in [1.165, 1.54) is 11.0 Å². The molecule has 1 aliphatic heterocycles. The van der Waals surface area contributed by atoms with Gasteiger partial charge in [-0.2, -0.15) is 0 Å². The van der Waals surface area contributed by atoms with Crippen LogP contribution >= 0.6 is 0 Å². The SMILES string of the molecule is O=C(O)C1CN(C(=O)c2ccc(=O)oc2)CCO1. The van der Waals surface area contributed by atoms with Crippen LogP contribution in [-0.2, 0) is 9.53 Å². The van der Waals surface area contributed by atoms with Gasteiger partial charge < -0.3 is 19.2 Å². The van der Waals surface area contributed by atoms with Crippen molar-refractivity contribution in [2.45, 2.75) is 6.10 Å². The molecule has 2 rings (SSSR count). The van der Waals surface area contributed by atoms with Gasteiger partial charge >= 0.3 is 11.6 Å². The number of carbonyl (C=O) groups excluding carboxylic acids is 1. The highest BCUT2D eigenvalue weighted by molar-refractivity contribution is 5.94. The van der Waals surface area contributed by atoms with Crippen molar-refractivity contribution in [3.63, 3.8) is 0 Å². The smallest absolute Gasteiger partial charge is 0.335 e. The molecule has 0 spiro atoms. The number of hydrogen-bond acceptors (Lipinski definition) is 5. The Bertz CT molecular complexity index is 502. The maximum Gasteiger partial charge on any atom is 0.335 e. The van der Waals surface area contributed by atoms with Crippen molar-refractivity contribution in [1.29, 1.82) is 0 Å². The van der Waals surface area contributed by atoms with Gasteiger partial charge in [0.15, 0.2) is 6.10 Å². The van der Waals surface area contributed by atoms with Crippen LogP contribution < -0.4 is 5.63 Å². The minimum absolute atomic E-state index is 0.0205. The molecule has 7 nitrogen and oxygen atoms in total. The number of aliphatic carboxylic acids is 1. The first-order valence-corrected chi connectivity index (χ1v) is 5.30. The Morgan fingerprint density at radius 1 is 1.39 bits per heavy atom. The van der Waals surface area contributed by atoms with E-state index >= 15 is 0 Å². The molecule has 0 bridgehead atoms. The van der Waals surface area contributed by atoms with Crippen molar-refractivity contribution < 1.29 is 23.8 Å². The van der Waals surface area contributed by atoms with Gasteiger partial charge in [0, 0.05) is 12.6 Å². The predicted octanol–water partition coefficient (Wildman–Crippen LogP) is -0.435. The average Bonchev–Trinajstić information content (AvgIpc) is 2.39. The summed E-state index contributed by atoms with van der Waals surface area (Å²) in [6.07, 6.45) is 0.0500. The van der Waals surface area contributed by atoms with Crippen LogP contribution in [0.1, 0.15) is 10.4 Å². The summed E-state index contributed by atoms with van der Waals surface area (Å²) in [5.74, 6) is -1.49. The van der Waals surface area contributed by atoms with Gasteiger partial charge in [0.25, 0.3) is 5.91 Å². The molecule has 1 aliphatic rings. The molecule has 0 aliphatic carbocycles. The van der Waals surface area contributed by atoms with Crippen LogP contribution in [-0.4, -0.2) is 47.7 Å². The third kappa shape index (κ3) is 2.57. The third-order valence-electron chi connectivity index (χ3n) is 2.58. The van der Waals surface area contributed by atoms with Gasteiger partial charge in [0.2, 0.25) is 0 Å². The highest BCUT2D eigenvalue weighted by atomic mass is 16.5. The molecular formula is C11H11NO6. The van der Waals surface area contributed by atoms with Crippen molar-refractivity contribution in [3.05, 3.63) is 34.4 Å². The molecule has 96 valence electrons. The van der Waals surface area contributed by atoms with Crippen LogP contribution in [0.3, 0.4) is 0 Å². The lowest BCUT2D eigenvalue weighted by Gasteiger charge is -2.30. The molecule has 1 fully saturated rings. The van der Waals surface area contributed by atoms with Gasteiger partial charge in [-0.3, -0.25) is 4.79 Å². The lowest BCUT2D eigenvalue weighted by atomic mass is 10.2. The number of ether oxygens (including phenoxy) is 1. The standard InChI is InChI=1S/C11H11NO6/c13-9-2-1-7(6-18-9)10(14)12-3-4-17-8(5-12)11(15)16/h1-2,6,8H,3-5H2,(H,15,16). The van der Waals surface area contributed by atoms with E-state index in [0.717, 1.165) is 12.3 Å². The number of carbonyl (C=O) groups is 2. The fourth-order valence-electron chi connectivity index (χ4n) is 1.65. The molecule has 7 heteroatoms. The fourth-order valence-corrected chi connectivity index (χ4v) is 1.65. The van der Waals surface area contributed by atoms with Crippen molar-refractivity contribution in [1.82, 2.24) is 4.90 Å². The van der Waals surface area contributed by atoms with E-state index in [4.69, 9.17) is 9.84 Å². The van der Waals surface area contributed by atoms with Gasteiger partial charge in [-0.1, -0.05) is 0 Å². The first-order chi connectivity index (χ1) is 8.58. The summed E-state index contributed by atoms with van der Waals surface area (Å²) in [5, 5.41) is 8.82. The minimum Gasteiger partial charge on any atom is -0.479 e. The minimum atomic E-state index is -1.10. The lowest BCUT2D eigenvalue weighted by molar-refractivity contribution is -0.154. The highest BCUT2D eigenvalue weighted by Crippen LogP contribution is 2.10. The molecule has 1 atom stereocenters. The second kappa shape index (κ2) is 5.01. The Morgan fingerprint density at radius 2 is 2.17 bits per heavy atom. The molecule has 1 N–H and O–H groups in total. The van der Waals surface area contributed by atoms with Crippen LogP contribution in [0.4, 0.5) is 0 Å². The maximum absolute atomic E-state index is 12.0. The fraction of sp³-hybridized carbons (Fsp3) is 0.364. The zero-order valence-corrected chi connectivity index (χ0v) is 9.37. The van der Waals surface area contributed by atoms with Crippen molar-refractivity contribution in [2.24, 2.45) is 0 Å². The number of hydrogen-bond donors (Lipinski definition) is 1. The number of morpholine rings is 1. The van der Waals surface area contributed by atoms with E-state index in [9.17, 15) is 14.4 Å². The largest absolute Gasteiger partial charge is 0.479 e. The van der Waals surface area contributed by atoms with Gasteiger partial charge in [-0.15, -0.1) is 0 Å². The molecule has 2 heterocycles. The first-order valence-electron chi connectivity index (χ1n) is 5.30. The van der Waals surface area contributed by atoms with Gasteiger partial charge in [0.05, 0.1) is 18.7 Å². The number of nitrogens with zero attached hydrogens (tertiary/aromatic N) is 1. The van der Waals surface area contributed by atoms with Crippen LogP contribution in [0.5, 0.6) is 0 Å². The average molecular weight is 253 g/mol. The Kier molecular flexibility index (Phi) is 3.42. The van der Waals surface area contributed by atoms with Gasteiger partial charge in [-0.25, -0.2) is 9.59 Å². The summed E-state index contributed by atoms with van der Waals surface area (Å²) >= 11 is 0. The maximum atomic E-state index is 12.0. The zero-order valence-electron chi connectivity index (χ0n) is 9.37.